The molecule has 0 aliphatic heterocycles. The van der Waals surface area contributed by atoms with Gasteiger partial charge in [0.15, 0.2) is 0 Å². The third-order valence-electron chi connectivity index (χ3n) is 2.73. The molecule has 17 heavy (non-hydrogen) atoms. The highest BCUT2D eigenvalue weighted by Crippen LogP contribution is 2.26. The van der Waals surface area contributed by atoms with Gasteiger partial charge in [0, 0.05) is 11.6 Å². The Morgan fingerprint density at radius 1 is 1.47 bits per heavy atom. The van der Waals surface area contributed by atoms with Crippen LogP contribution in [0.1, 0.15) is 31.9 Å². The van der Waals surface area contributed by atoms with E-state index in [-0.39, 0.29) is 17.8 Å². The topological polar surface area (TPSA) is 58.6 Å². The van der Waals surface area contributed by atoms with Crippen LogP contribution in [0.2, 0.25) is 0 Å². The summed E-state index contributed by atoms with van der Waals surface area (Å²) in [5, 5.41) is 12.9. The lowest BCUT2D eigenvalue weighted by molar-refractivity contribution is -0.142. The number of aromatic hydroxyl groups is 1. The van der Waals surface area contributed by atoms with Crippen molar-refractivity contribution in [1.82, 2.24) is 5.32 Å². The highest BCUT2D eigenvalue weighted by molar-refractivity contribution is 5.75. The van der Waals surface area contributed by atoms with Crippen molar-refractivity contribution in [2.75, 3.05) is 7.11 Å². The number of rotatable bonds is 5. The van der Waals surface area contributed by atoms with Crippen LogP contribution < -0.4 is 5.32 Å². The van der Waals surface area contributed by atoms with Crippen LogP contribution in [0, 0.1) is 0 Å². The van der Waals surface area contributed by atoms with Gasteiger partial charge in [-0.25, -0.2) is 0 Å². The van der Waals surface area contributed by atoms with Crippen LogP contribution in [0.4, 0.5) is 0 Å². The second kappa shape index (κ2) is 6.25. The maximum atomic E-state index is 11.3. The number of esters is 1. The van der Waals surface area contributed by atoms with Gasteiger partial charge in [-0.3, -0.25) is 10.1 Å². The van der Waals surface area contributed by atoms with E-state index in [4.69, 9.17) is 0 Å². The van der Waals surface area contributed by atoms with E-state index in [1.54, 1.807) is 19.1 Å². The smallest absolute Gasteiger partial charge is 0.322 e. The zero-order chi connectivity index (χ0) is 12.8. The standard InChI is InChI=1S/C13H19NO3/c1-4-11(14-9(2)13(16)17-3)10-7-5-6-8-12(10)15/h5-9,11,14-15H,4H2,1-3H3/t9-,11?/m0/s1. The van der Waals surface area contributed by atoms with E-state index in [9.17, 15) is 9.90 Å². The molecule has 0 saturated carbocycles. The quantitative estimate of drug-likeness (QED) is 0.769. The van der Waals surface area contributed by atoms with Crippen LogP contribution in [0.15, 0.2) is 24.3 Å². The summed E-state index contributed by atoms with van der Waals surface area (Å²) in [5.74, 6) is -0.0669. The monoisotopic (exact) mass is 237 g/mol. The fourth-order valence-electron chi connectivity index (χ4n) is 1.76. The van der Waals surface area contributed by atoms with Gasteiger partial charge in [0.2, 0.25) is 0 Å². The van der Waals surface area contributed by atoms with E-state index >= 15 is 0 Å². The maximum Gasteiger partial charge on any atom is 0.322 e. The Morgan fingerprint density at radius 2 is 2.12 bits per heavy atom. The van der Waals surface area contributed by atoms with Crippen LogP contribution in [0.5, 0.6) is 5.75 Å². The highest BCUT2D eigenvalue weighted by atomic mass is 16.5. The lowest BCUT2D eigenvalue weighted by Gasteiger charge is -2.21. The van der Waals surface area contributed by atoms with Crippen LogP contribution in [0.25, 0.3) is 0 Å². The second-order valence-electron chi connectivity index (χ2n) is 3.93. The first-order valence-corrected chi connectivity index (χ1v) is 5.71. The molecule has 0 amide bonds. The van der Waals surface area contributed by atoms with Crippen molar-refractivity contribution in [2.24, 2.45) is 0 Å². The largest absolute Gasteiger partial charge is 0.508 e. The van der Waals surface area contributed by atoms with Gasteiger partial charge in [-0.1, -0.05) is 25.1 Å². The minimum Gasteiger partial charge on any atom is -0.508 e. The molecule has 0 aromatic heterocycles. The summed E-state index contributed by atoms with van der Waals surface area (Å²) < 4.78 is 4.66. The molecule has 0 heterocycles. The molecule has 1 unspecified atom stereocenters. The molecule has 2 atom stereocenters. The fraction of sp³-hybridized carbons (Fsp3) is 0.462. The van der Waals surface area contributed by atoms with Gasteiger partial charge in [0.25, 0.3) is 0 Å². The first-order valence-electron chi connectivity index (χ1n) is 5.71. The highest BCUT2D eigenvalue weighted by Gasteiger charge is 2.19. The summed E-state index contributed by atoms with van der Waals surface area (Å²) in [4.78, 5) is 11.3. The van der Waals surface area contributed by atoms with Crippen LogP contribution in [0.3, 0.4) is 0 Å². The summed E-state index contributed by atoms with van der Waals surface area (Å²) in [7, 11) is 1.36. The van der Waals surface area contributed by atoms with Crippen molar-refractivity contribution < 1.29 is 14.6 Å². The Bertz CT molecular complexity index is 379. The van der Waals surface area contributed by atoms with Gasteiger partial charge < -0.3 is 9.84 Å². The normalized spacial score (nSPS) is 14.1. The lowest BCUT2D eigenvalue weighted by Crippen LogP contribution is -2.37. The predicted octanol–water partition coefficient (Wildman–Crippen LogP) is 1.99. The molecule has 2 N–H and O–H groups in total. The van der Waals surface area contributed by atoms with E-state index in [1.165, 1.54) is 7.11 Å². The molecule has 0 saturated heterocycles. The Labute approximate surface area is 102 Å². The van der Waals surface area contributed by atoms with Crippen molar-refractivity contribution in [3.8, 4) is 5.75 Å². The molecule has 0 bridgehead atoms. The number of phenolic OH excluding ortho intramolecular Hbond substituents is 1. The average molecular weight is 237 g/mol. The van der Waals surface area contributed by atoms with Crippen molar-refractivity contribution in [1.29, 1.82) is 0 Å². The van der Waals surface area contributed by atoms with Gasteiger partial charge in [-0.15, -0.1) is 0 Å². The zero-order valence-corrected chi connectivity index (χ0v) is 10.4. The minimum absolute atomic E-state index is 0.0645. The molecular formula is C13H19NO3. The van der Waals surface area contributed by atoms with Gasteiger partial charge in [0.1, 0.15) is 11.8 Å². The third-order valence-corrected chi connectivity index (χ3v) is 2.73. The summed E-state index contributed by atoms with van der Waals surface area (Å²) in [6, 6.07) is 6.66. The molecule has 94 valence electrons. The van der Waals surface area contributed by atoms with Crippen LogP contribution in [-0.2, 0) is 9.53 Å². The SMILES string of the molecule is CCC(N[C@@H](C)C(=O)OC)c1ccccc1O. The molecular weight excluding hydrogens is 218 g/mol. The van der Waals surface area contributed by atoms with E-state index in [1.807, 2.05) is 19.1 Å². The Balaban J connectivity index is 2.79. The molecule has 1 aromatic carbocycles. The summed E-state index contributed by atoms with van der Waals surface area (Å²) >= 11 is 0. The maximum absolute atomic E-state index is 11.3. The summed E-state index contributed by atoms with van der Waals surface area (Å²) in [6.07, 6.45) is 0.777. The van der Waals surface area contributed by atoms with Crippen LogP contribution in [-0.4, -0.2) is 24.2 Å². The Kier molecular flexibility index (Phi) is 4.97. The zero-order valence-electron chi connectivity index (χ0n) is 10.4. The van der Waals surface area contributed by atoms with Gasteiger partial charge in [-0.2, -0.15) is 0 Å². The van der Waals surface area contributed by atoms with E-state index in [0.29, 0.717) is 0 Å². The minimum atomic E-state index is -0.399. The first kappa shape index (κ1) is 13.5. The van der Waals surface area contributed by atoms with Crippen molar-refractivity contribution in [3.05, 3.63) is 29.8 Å². The number of phenols is 1. The summed E-state index contributed by atoms with van der Waals surface area (Å²) in [6.45, 7) is 3.74. The summed E-state index contributed by atoms with van der Waals surface area (Å²) in [5.41, 5.74) is 0.797. The molecule has 1 aromatic rings. The number of benzene rings is 1. The third kappa shape index (κ3) is 3.46. The molecule has 0 aliphatic rings. The van der Waals surface area contributed by atoms with E-state index < -0.39 is 6.04 Å². The number of para-hydroxylation sites is 1. The van der Waals surface area contributed by atoms with Gasteiger partial charge in [0.05, 0.1) is 7.11 Å². The number of carbonyl (C=O) groups is 1. The first-order chi connectivity index (χ1) is 8.10. The average Bonchev–Trinajstić information content (AvgIpc) is 2.35. The molecule has 0 fully saturated rings. The molecule has 0 radical (unpaired) electrons. The molecule has 0 aliphatic carbocycles. The Morgan fingerprint density at radius 3 is 2.65 bits per heavy atom. The molecule has 4 heteroatoms. The fourth-order valence-corrected chi connectivity index (χ4v) is 1.76. The number of ether oxygens (including phenoxy) is 1. The van der Waals surface area contributed by atoms with Crippen molar-refractivity contribution >= 4 is 5.97 Å². The van der Waals surface area contributed by atoms with Crippen molar-refractivity contribution in [2.45, 2.75) is 32.4 Å². The van der Waals surface area contributed by atoms with Gasteiger partial charge >= 0.3 is 5.97 Å². The molecule has 1 rings (SSSR count). The van der Waals surface area contributed by atoms with Gasteiger partial charge in [-0.05, 0) is 19.4 Å². The van der Waals surface area contributed by atoms with Crippen LogP contribution >= 0.6 is 0 Å². The number of carbonyl (C=O) groups excluding carboxylic acids is 1. The molecule has 4 nitrogen and oxygen atoms in total. The predicted molar refractivity (Wildman–Crippen MR) is 65.8 cm³/mol. The number of nitrogens with one attached hydrogen (secondary N) is 1. The van der Waals surface area contributed by atoms with Crippen molar-refractivity contribution in [3.63, 3.8) is 0 Å². The lowest BCUT2D eigenvalue weighted by atomic mass is 10.0. The van der Waals surface area contributed by atoms with E-state index in [0.717, 1.165) is 12.0 Å². The number of methoxy groups -OCH3 is 1. The number of hydrogen-bond acceptors (Lipinski definition) is 4. The van der Waals surface area contributed by atoms with E-state index in [2.05, 4.69) is 10.1 Å². The molecule has 0 spiro atoms. The number of hydrogen-bond donors (Lipinski definition) is 2. The second-order valence-corrected chi connectivity index (χ2v) is 3.93. The Hall–Kier alpha value is -1.55.